The van der Waals surface area contributed by atoms with Crippen LogP contribution < -0.4 is 4.90 Å². The van der Waals surface area contributed by atoms with Gasteiger partial charge in [0.25, 0.3) is 0 Å². The lowest BCUT2D eigenvalue weighted by molar-refractivity contribution is -0.151. The first-order valence-electron chi connectivity index (χ1n) is 11.9. The predicted molar refractivity (Wildman–Crippen MR) is 129 cm³/mol. The number of hydrogen-bond acceptors (Lipinski definition) is 6. The van der Waals surface area contributed by atoms with E-state index in [4.69, 9.17) is 5.26 Å². The summed E-state index contributed by atoms with van der Waals surface area (Å²) >= 11 is 1.63. The lowest BCUT2D eigenvalue weighted by Gasteiger charge is -2.31. The smallest absolute Gasteiger partial charge is 0.245 e. The first kappa shape index (κ1) is 23.6. The van der Waals surface area contributed by atoms with Crippen molar-refractivity contribution in [3.05, 3.63) is 29.8 Å². The molecule has 3 atom stereocenters. The fourth-order valence-electron chi connectivity index (χ4n) is 5.44. The first-order valence-corrected chi connectivity index (χ1v) is 13.3. The summed E-state index contributed by atoms with van der Waals surface area (Å²) in [6.45, 7) is 2.67. The molecule has 1 aromatic rings. The summed E-state index contributed by atoms with van der Waals surface area (Å²) in [6, 6.07) is 8.96. The first-order chi connectivity index (χ1) is 16.0. The van der Waals surface area contributed by atoms with Crippen molar-refractivity contribution >= 4 is 35.2 Å². The Balaban J connectivity index is 1.48. The number of amides is 3. The number of likely N-dealkylation sites (tertiary alicyclic amines) is 1. The molecule has 0 spiro atoms. The normalized spacial score (nSPS) is 24.3. The highest BCUT2D eigenvalue weighted by Crippen LogP contribution is 2.39. The van der Waals surface area contributed by atoms with Crippen LogP contribution in [0.3, 0.4) is 0 Å². The van der Waals surface area contributed by atoms with Crippen molar-refractivity contribution in [2.24, 2.45) is 11.8 Å². The fourth-order valence-corrected chi connectivity index (χ4v) is 5.90. The summed E-state index contributed by atoms with van der Waals surface area (Å²) in [6.07, 6.45) is 6.79. The van der Waals surface area contributed by atoms with Gasteiger partial charge in [-0.3, -0.25) is 19.3 Å². The van der Waals surface area contributed by atoms with E-state index in [0.29, 0.717) is 31.6 Å². The Bertz CT molecular complexity index is 905. The molecule has 3 amide bonds. The third-order valence-electron chi connectivity index (χ3n) is 7.24. The maximum absolute atomic E-state index is 13.7. The van der Waals surface area contributed by atoms with Gasteiger partial charge in [-0.05, 0) is 62.0 Å². The number of benzene rings is 1. The molecule has 3 aliphatic rings. The molecule has 1 saturated carbocycles. The number of fused-ring (bicyclic) bond motifs is 1. The Labute approximate surface area is 200 Å². The highest BCUT2D eigenvalue weighted by Gasteiger charge is 2.52. The molecule has 0 aromatic heterocycles. The molecule has 3 fully saturated rings. The molecule has 1 aromatic carbocycles. The highest BCUT2D eigenvalue weighted by atomic mass is 32.2. The third-order valence-corrected chi connectivity index (χ3v) is 7.88. The number of rotatable bonds is 6. The molecule has 2 aliphatic heterocycles. The Morgan fingerprint density at radius 1 is 1.03 bits per heavy atom. The van der Waals surface area contributed by atoms with Crippen LogP contribution in [0.1, 0.15) is 44.1 Å². The number of carbonyl (C=O) groups is 3. The van der Waals surface area contributed by atoms with E-state index >= 15 is 0 Å². The average molecular weight is 469 g/mol. The van der Waals surface area contributed by atoms with E-state index in [-0.39, 0.29) is 29.6 Å². The van der Waals surface area contributed by atoms with Gasteiger partial charge in [-0.2, -0.15) is 17.0 Å². The summed E-state index contributed by atoms with van der Waals surface area (Å²) in [7, 11) is 0. The summed E-state index contributed by atoms with van der Waals surface area (Å²) < 4.78 is 0. The van der Waals surface area contributed by atoms with Gasteiger partial charge in [-0.15, -0.1) is 0 Å². The molecule has 2 saturated heterocycles. The molecule has 3 unspecified atom stereocenters. The molecular formula is C25H32N4O3S. The van der Waals surface area contributed by atoms with Crippen LogP contribution in [0.15, 0.2) is 24.3 Å². The Morgan fingerprint density at radius 3 is 2.30 bits per heavy atom. The SMILES string of the molecule is CSCCC(C(=O)N1CCCN(c2ccc(C#N)cc2)CC1)N1C(=O)C2CCCCC2C1=O. The lowest BCUT2D eigenvalue weighted by Crippen LogP contribution is -2.52. The molecule has 2 heterocycles. The topological polar surface area (TPSA) is 84.7 Å². The highest BCUT2D eigenvalue weighted by molar-refractivity contribution is 7.98. The summed E-state index contributed by atoms with van der Waals surface area (Å²) in [4.78, 5) is 45.5. The molecule has 176 valence electrons. The van der Waals surface area contributed by atoms with E-state index in [2.05, 4.69) is 11.0 Å². The van der Waals surface area contributed by atoms with Crippen LogP contribution >= 0.6 is 11.8 Å². The van der Waals surface area contributed by atoms with E-state index in [0.717, 1.165) is 50.1 Å². The van der Waals surface area contributed by atoms with Crippen molar-refractivity contribution in [2.45, 2.75) is 44.6 Å². The Hall–Kier alpha value is -2.53. The number of carbonyl (C=O) groups excluding carboxylic acids is 3. The third kappa shape index (κ3) is 4.89. The average Bonchev–Trinajstić information content (AvgIpc) is 3.01. The molecular weight excluding hydrogens is 436 g/mol. The summed E-state index contributed by atoms with van der Waals surface area (Å²) in [5.74, 6) is -0.0744. The molecule has 0 N–H and O–H groups in total. The monoisotopic (exact) mass is 468 g/mol. The van der Waals surface area contributed by atoms with Gasteiger partial charge in [-0.25, -0.2) is 0 Å². The minimum absolute atomic E-state index is 0.0916. The van der Waals surface area contributed by atoms with E-state index < -0.39 is 6.04 Å². The second-order valence-electron chi connectivity index (χ2n) is 9.17. The lowest BCUT2D eigenvalue weighted by atomic mass is 9.81. The van der Waals surface area contributed by atoms with Crippen molar-refractivity contribution in [3.63, 3.8) is 0 Å². The van der Waals surface area contributed by atoms with E-state index in [1.54, 1.807) is 11.8 Å². The van der Waals surface area contributed by atoms with Gasteiger partial charge in [0.15, 0.2) is 0 Å². The van der Waals surface area contributed by atoms with E-state index in [1.807, 2.05) is 35.4 Å². The standard InChI is InChI=1S/C25H32N4O3S/c1-33-16-11-22(29-23(30)20-5-2-3-6-21(20)24(29)31)25(32)28-13-4-12-27(14-15-28)19-9-7-18(17-26)8-10-19/h7-10,20-22H,2-6,11-16H2,1H3. The maximum atomic E-state index is 13.7. The molecule has 8 heteroatoms. The molecule has 0 bridgehead atoms. The number of nitrogens with zero attached hydrogens (tertiary/aromatic N) is 4. The van der Waals surface area contributed by atoms with Gasteiger partial charge in [0.2, 0.25) is 17.7 Å². The number of hydrogen-bond donors (Lipinski definition) is 0. The minimum atomic E-state index is -0.690. The van der Waals surface area contributed by atoms with Crippen LogP contribution in [0.25, 0.3) is 0 Å². The number of imide groups is 1. The van der Waals surface area contributed by atoms with Crippen molar-refractivity contribution in [1.82, 2.24) is 9.80 Å². The Kier molecular flexibility index (Phi) is 7.59. The van der Waals surface area contributed by atoms with Crippen molar-refractivity contribution in [1.29, 1.82) is 5.26 Å². The summed E-state index contributed by atoms with van der Waals surface area (Å²) in [5.41, 5.74) is 1.67. The van der Waals surface area contributed by atoms with Gasteiger partial charge in [0, 0.05) is 31.9 Å². The maximum Gasteiger partial charge on any atom is 0.245 e. The predicted octanol–water partition coefficient (Wildman–Crippen LogP) is 2.89. The summed E-state index contributed by atoms with van der Waals surface area (Å²) in [5, 5.41) is 9.03. The molecule has 33 heavy (non-hydrogen) atoms. The zero-order chi connectivity index (χ0) is 23.4. The van der Waals surface area contributed by atoms with Crippen LogP contribution in [0.2, 0.25) is 0 Å². The van der Waals surface area contributed by atoms with Crippen molar-refractivity contribution in [2.75, 3.05) is 43.1 Å². The number of thioether (sulfide) groups is 1. The van der Waals surface area contributed by atoms with Crippen LogP contribution in [0, 0.1) is 23.2 Å². The Morgan fingerprint density at radius 2 is 1.70 bits per heavy atom. The molecule has 7 nitrogen and oxygen atoms in total. The zero-order valence-corrected chi connectivity index (χ0v) is 20.1. The largest absolute Gasteiger partial charge is 0.370 e. The second-order valence-corrected chi connectivity index (χ2v) is 10.2. The second kappa shape index (κ2) is 10.6. The molecule has 0 radical (unpaired) electrons. The molecule has 1 aliphatic carbocycles. The van der Waals surface area contributed by atoms with E-state index in [9.17, 15) is 14.4 Å². The van der Waals surface area contributed by atoms with Gasteiger partial charge < -0.3 is 9.80 Å². The fraction of sp³-hybridized carbons (Fsp3) is 0.600. The number of anilines is 1. The quantitative estimate of drug-likeness (QED) is 0.597. The van der Waals surface area contributed by atoms with Gasteiger partial charge in [0.05, 0.1) is 23.5 Å². The van der Waals surface area contributed by atoms with Gasteiger partial charge in [-0.1, -0.05) is 12.8 Å². The van der Waals surface area contributed by atoms with Crippen LogP contribution in [-0.2, 0) is 14.4 Å². The van der Waals surface area contributed by atoms with E-state index in [1.165, 1.54) is 4.90 Å². The van der Waals surface area contributed by atoms with Crippen molar-refractivity contribution in [3.8, 4) is 6.07 Å². The minimum Gasteiger partial charge on any atom is -0.370 e. The van der Waals surface area contributed by atoms with Gasteiger partial charge in [0.1, 0.15) is 6.04 Å². The zero-order valence-electron chi connectivity index (χ0n) is 19.2. The van der Waals surface area contributed by atoms with Crippen LogP contribution in [0.4, 0.5) is 5.69 Å². The van der Waals surface area contributed by atoms with Crippen molar-refractivity contribution < 1.29 is 14.4 Å². The molecule has 4 rings (SSSR count). The van der Waals surface area contributed by atoms with Crippen LogP contribution in [0.5, 0.6) is 0 Å². The van der Waals surface area contributed by atoms with Gasteiger partial charge >= 0.3 is 0 Å². The van der Waals surface area contributed by atoms with Crippen LogP contribution in [-0.4, -0.2) is 71.8 Å². The number of nitriles is 1.